The van der Waals surface area contributed by atoms with Crippen LogP contribution in [0.3, 0.4) is 0 Å². The number of amides is 1. The number of carbonyl (C=O) groups excluding carboxylic acids is 1. The normalized spacial score (nSPS) is 25.6. The Morgan fingerprint density at radius 2 is 1.70 bits per heavy atom. The van der Waals surface area contributed by atoms with Gasteiger partial charge in [0.1, 0.15) is 11.6 Å². The van der Waals surface area contributed by atoms with Crippen LogP contribution in [0.15, 0.2) is 30.4 Å². The lowest BCUT2D eigenvalue weighted by atomic mass is 9.83. The summed E-state index contributed by atoms with van der Waals surface area (Å²) in [5.74, 6) is 0.124. The summed E-state index contributed by atoms with van der Waals surface area (Å²) >= 11 is 0. The lowest BCUT2D eigenvalue weighted by Gasteiger charge is -2.37. The van der Waals surface area contributed by atoms with Crippen molar-refractivity contribution in [2.45, 2.75) is 51.0 Å². The second-order valence-corrected chi connectivity index (χ2v) is 9.08. The molecule has 0 atom stereocenters. The summed E-state index contributed by atoms with van der Waals surface area (Å²) in [5, 5.41) is 3.27. The smallest absolute Gasteiger partial charge is 0.223 e. The van der Waals surface area contributed by atoms with Crippen molar-refractivity contribution in [1.82, 2.24) is 10.2 Å². The SMILES string of the molecule is O=C(NC1CCC(CCN2CCN(c3ccc(F)cc3F)CC2)CC1)C1CC=CC1. The number of piperazine rings is 1. The van der Waals surface area contributed by atoms with E-state index in [-0.39, 0.29) is 11.8 Å². The highest BCUT2D eigenvalue weighted by atomic mass is 19.1. The number of anilines is 1. The maximum absolute atomic E-state index is 14.0. The van der Waals surface area contributed by atoms with Gasteiger partial charge in [-0.15, -0.1) is 0 Å². The quantitative estimate of drug-likeness (QED) is 0.708. The molecule has 1 aliphatic heterocycles. The largest absolute Gasteiger partial charge is 0.367 e. The minimum Gasteiger partial charge on any atom is -0.367 e. The molecule has 4 nitrogen and oxygen atoms in total. The van der Waals surface area contributed by atoms with Gasteiger partial charge in [-0.25, -0.2) is 8.78 Å². The first kappa shape index (κ1) is 21.3. The molecule has 0 unspecified atom stereocenters. The molecular weight excluding hydrogens is 384 g/mol. The molecule has 1 saturated heterocycles. The van der Waals surface area contributed by atoms with E-state index in [0.717, 1.165) is 70.4 Å². The van der Waals surface area contributed by atoms with Crippen LogP contribution in [-0.4, -0.2) is 49.6 Å². The Bertz CT molecular complexity index is 745. The number of hydrogen-bond acceptors (Lipinski definition) is 3. The Hall–Kier alpha value is -1.95. The maximum atomic E-state index is 14.0. The maximum Gasteiger partial charge on any atom is 0.223 e. The van der Waals surface area contributed by atoms with Crippen LogP contribution in [0.2, 0.25) is 0 Å². The van der Waals surface area contributed by atoms with Crippen molar-refractivity contribution in [3.05, 3.63) is 42.0 Å². The van der Waals surface area contributed by atoms with E-state index < -0.39 is 11.6 Å². The molecule has 2 fully saturated rings. The molecule has 30 heavy (non-hydrogen) atoms. The van der Waals surface area contributed by atoms with Crippen LogP contribution in [0, 0.1) is 23.5 Å². The average Bonchev–Trinajstić information content (AvgIpc) is 3.29. The van der Waals surface area contributed by atoms with E-state index in [2.05, 4.69) is 22.4 Å². The summed E-state index contributed by atoms with van der Waals surface area (Å²) in [6.45, 7) is 4.46. The van der Waals surface area contributed by atoms with Crippen molar-refractivity contribution in [3.8, 4) is 0 Å². The number of carbonyl (C=O) groups is 1. The van der Waals surface area contributed by atoms with Crippen molar-refractivity contribution < 1.29 is 13.6 Å². The minimum absolute atomic E-state index is 0.157. The second-order valence-electron chi connectivity index (χ2n) is 9.08. The fourth-order valence-electron chi connectivity index (χ4n) is 5.06. The number of nitrogens with zero attached hydrogens (tertiary/aromatic N) is 2. The van der Waals surface area contributed by atoms with Crippen LogP contribution in [0.5, 0.6) is 0 Å². The van der Waals surface area contributed by atoms with Crippen LogP contribution < -0.4 is 10.2 Å². The molecule has 3 aliphatic rings. The summed E-state index contributed by atoms with van der Waals surface area (Å²) in [5.41, 5.74) is 0.504. The Morgan fingerprint density at radius 1 is 1.00 bits per heavy atom. The Labute approximate surface area is 178 Å². The standard InChI is InChI=1S/C24H33F2N3O/c25-20-7-10-23(22(26)17-20)29-15-13-28(14-16-29)12-11-18-5-8-21(9-6-18)27-24(30)19-3-1-2-4-19/h1-2,7,10,17-19,21H,3-6,8-9,11-16H2,(H,27,30). The first-order valence-corrected chi connectivity index (χ1v) is 11.5. The molecule has 164 valence electrons. The number of allylic oxidation sites excluding steroid dienone is 2. The topological polar surface area (TPSA) is 35.6 Å². The van der Waals surface area contributed by atoms with Gasteiger partial charge in [-0.1, -0.05) is 12.2 Å². The summed E-state index contributed by atoms with van der Waals surface area (Å²) in [6.07, 6.45) is 11.8. The zero-order chi connectivity index (χ0) is 20.9. The van der Waals surface area contributed by atoms with Crippen molar-refractivity contribution in [2.75, 3.05) is 37.6 Å². The summed E-state index contributed by atoms with van der Waals surface area (Å²) in [7, 11) is 0. The number of halogens is 2. The summed E-state index contributed by atoms with van der Waals surface area (Å²) < 4.78 is 27.1. The first-order valence-electron chi connectivity index (χ1n) is 11.5. The van der Waals surface area contributed by atoms with Gasteiger partial charge in [0.05, 0.1) is 5.69 Å². The zero-order valence-electron chi connectivity index (χ0n) is 17.7. The molecule has 0 radical (unpaired) electrons. The Kier molecular flexibility index (Phi) is 7.03. The molecule has 1 saturated carbocycles. The van der Waals surface area contributed by atoms with E-state index in [1.54, 1.807) is 6.07 Å². The van der Waals surface area contributed by atoms with Gasteiger partial charge >= 0.3 is 0 Å². The van der Waals surface area contributed by atoms with Crippen LogP contribution in [-0.2, 0) is 4.79 Å². The number of nitrogens with one attached hydrogen (secondary N) is 1. The average molecular weight is 418 g/mol. The van der Waals surface area contributed by atoms with E-state index in [9.17, 15) is 13.6 Å². The van der Waals surface area contributed by atoms with E-state index in [1.807, 2.05) is 4.90 Å². The highest BCUT2D eigenvalue weighted by Gasteiger charge is 2.27. The molecule has 0 aromatic heterocycles. The van der Waals surface area contributed by atoms with Gasteiger partial charge in [0.2, 0.25) is 5.91 Å². The van der Waals surface area contributed by atoms with Gasteiger partial charge in [0.25, 0.3) is 0 Å². The molecule has 0 spiro atoms. The van der Waals surface area contributed by atoms with Crippen molar-refractivity contribution in [3.63, 3.8) is 0 Å². The monoisotopic (exact) mass is 417 g/mol. The fourth-order valence-corrected chi connectivity index (χ4v) is 5.06. The van der Waals surface area contributed by atoms with Crippen molar-refractivity contribution >= 4 is 11.6 Å². The van der Waals surface area contributed by atoms with Crippen LogP contribution >= 0.6 is 0 Å². The predicted octanol–water partition coefficient (Wildman–Crippen LogP) is 4.12. The molecule has 1 aromatic carbocycles. The van der Waals surface area contributed by atoms with Crippen LogP contribution in [0.25, 0.3) is 0 Å². The van der Waals surface area contributed by atoms with E-state index in [4.69, 9.17) is 0 Å². The van der Waals surface area contributed by atoms with Gasteiger partial charge in [-0.2, -0.15) is 0 Å². The molecule has 6 heteroatoms. The molecular formula is C24H33F2N3O. The van der Waals surface area contributed by atoms with E-state index >= 15 is 0 Å². The molecule has 1 amide bonds. The zero-order valence-corrected chi connectivity index (χ0v) is 17.7. The minimum atomic E-state index is -0.528. The van der Waals surface area contributed by atoms with Gasteiger partial charge in [0.15, 0.2) is 0 Å². The second kappa shape index (κ2) is 9.90. The predicted molar refractivity (Wildman–Crippen MR) is 115 cm³/mol. The molecule has 0 bridgehead atoms. The molecule has 1 aromatic rings. The Balaban J connectivity index is 1.13. The number of rotatable bonds is 6. The lowest BCUT2D eigenvalue weighted by Crippen LogP contribution is -2.47. The molecule has 4 rings (SSSR count). The van der Waals surface area contributed by atoms with Gasteiger partial charge in [0, 0.05) is 44.2 Å². The van der Waals surface area contributed by atoms with Gasteiger partial charge in [-0.3, -0.25) is 9.69 Å². The summed E-state index contributed by atoms with van der Waals surface area (Å²) in [6, 6.07) is 4.18. The van der Waals surface area contributed by atoms with Gasteiger partial charge in [-0.05, 0) is 69.5 Å². The van der Waals surface area contributed by atoms with Crippen LogP contribution in [0.1, 0.15) is 44.9 Å². The highest BCUT2D eigenvalue weighted by molar-refractivity contribution is 5.79. The third kappa shape index (κ3) is 5.39. The molecule has 1 N–H and O–H groups in total. The fraction of sp³-hybridized carbons (Fsp3) is 0.625. The summed E-state index contributed by atoms with van der Waals surface area (Å²) in [4.78, 5) is 16.8. The number of benzene rings is 1. The molecule has 1 heterocycles. The van der Waals surface area contributed by atoms with Crippen LogP contribution in [0.4, 0.5) is 14.5 Å². The van der Waals surface area contributed by atoms with E-state index in [1.165, 1.54) is 25.3 Å². The lowest BCUT2D eigenvalue weighted by molar-refractivity contribution is -0.125. The van der Waals surface area contributed by atoms with Gasteiger partial charge < -0.3 is 10.2 Å². The van der Waals surface area contributed by atoms with E-state index in [0.29, 0.717) is 11.7 Å². The molecule has 2 aliphatic carbocycles. The Morgan fingerprint density at radius 3 is 2.37 bits per heavy atom. The third-order valence-electron chi connectivity index (χ3n) is 7.05. The number of hydrogen-bond donors (Lipinski definition) is 1. The van der Waals surface area contributed by atoms with Crippen molar-refractivity contribution in [2.24, 2.45) is 11.8 Å². The highest BCUT2D eigenvalue weighted by Crippen LogP contribution is 2.28. The first-order chi connectivity index (χ1) is 14.6. The van der Waals surface area contributed by atoms with Crippen molar-refractivity contribution in [1.29, 1.82) is 0 Å². The third-order valence-corrected chi connectivity index (χ3v) is 7.05.